The van der Waals surface area contributed by atoms with Gasteiger partial charge in [0, 0.05) is 61.0 Å². The molecule has 4 saturated carbocycles. The molecule has 4 fully saturated rings. The number of para-hydroxylation sites is 4. The first-order valence-electron chi connectivity index (χ1n) is 18.6. The fourth-order valence-corrected chi connectivity index (χ4v) is 7.79. The summed E-state index contributed by atoms with van der Waals surface area (Å²) in [7, 11) is 0. The minimum Gasteiger partial charge on any atom is -0.428 e. The zero-order valence-corrected chi connectivity index (χ0v) is 31.6. The van der Waals surface area contributed by atoms with Gasteiger partial charge in [-0.1, -0.05) is 24.3 Å². The number of nitrogens with two attached hydrogens (primary N) is 1. The minimum atomic E-state index is 0. The Labute approximate surface area is 329 Å². The summed E-state index contributed by atoms with van der Waals surface area (Å²) in [6.45, 7) is 0. The molecule has 8 aromatic rings. The van der Waals surface area contributed by atoms with Crippen molar-refractivity contribution in [2.75, 3.05) is 5.32 Å². The van der Waals surface area contributed by atoms with Gasteiger partial charge in [0.2, 0.25) is 0 Å². The number of imidazole rings is 2. The highest BCUT2D eigenvalue weighted by Crippen LogP contribution is 2.40. The molecule has 0 unspecified atom stereocenters. The van der Waals surface area contributed by atoms with E-state index in [0.717, 1.165) is 79.2 Å². The van der Waals surface area contributed by atoms with Crippen LogP contribution in [0.1, 0.15) is 75.5 Å². The minimum absolute atomic E-state index is 0. The standard InChI is InChI=1S/C19H18N6O2.C12H15N5O.C7H4ClNO.ClH/c26-19-24(12-5-6-12)16-17(21-8-7-20-16)25(19)13-9-11(10-13)22-18-23-14-3-1-2-4-15(14)27-18;13-7-5-9(6-7)17-11-10(14-3-4-15-11)16(12(17)18)8-1-2-8;8-7-9-5-3-1-2-4-6(5)10-7;/h1-4,7-8,11-13H,5-6,9-10H2,(H,22,23);3-4,7-9H,1-2,5-6,13H2;1-4H;1H. The molecule has 2 aromatic carbocycles. The molecular formula is C38H38Cl2N12O4. The number of halogens is 2. The summed E-state index contributed by atoms with van der Waals surface area (Å²) in [6, 6.07) is 17.1. The van der Waals surface area contributed by atoms with Crippen LogP contribution >= 0.6 is 24.0 Å². The first kappa shape index (κ1) is 36.1. The molecule has 3 N–H and O–H groups in total. The van der Waals surface area contributed by atoms with E-state index in [2.05, 4.69) is 35.2 Å². The summed E-state index contributed by atoms with van der Waals surface area (Å²) in [6.07, 6.45) is 14.2. The molecule has 0 aliphatic heterocycles. The van der Waals surface area contributed by atoms with E-state index in [1.807, 2.05) is 62.2 Å². The lowest BCUT2D eigenvalue weighted by molar-refractivity contribution is 0.264. The van der Waals surface area contributed by atoms with E-state index in [0.29, 0.717) is 29.0 Å². The third-order valence-corrected chi connectivity index (χ3v) is 10.9. The van der Waals surface area contributed by atoms with Crippen LogP contribution in [-0.2, 0) is 0 Å². The van der Waals surface area contributed by atoms with Gasteiger partial charge in [-0.15, -0.1) is 12.4 Å². The Morgan fingerprint density at radius 2 is 1.04 bits per heavy atom. The second kappa shape index (κ2) is 14.5. The van der Waals surface area contributed by atoms with Crippen LogP contribution in [0.4, 0.5) is 6.01 Å². The molecule has 288 valence electrons. The van der Waals surface area contributed by atoms with Gasteiger partial charge >= 0.3 is 11.4 Å². The maximum atomic E-state index is 13.0. The predicted molar refractivity (Wildman–Crippen MR) is 212 cm³/mol. The van der Waals surface area contributed by atoms with Crippen LogP contribution in [0.25, 0.3) is 44.8 Å². The molecule has 6 aromatic heterocycles. The topological polar surface area (TPSA) is 196 Å². The summed E-state index contributed by atoms with van der Waals surface area (Å²) in [5.74, 6) is 0. The number of nitrogens with zero attached hydrogens (tertiary/aromatic N) is 10. The Morgan fingerprint density at radius 3 is 1.48 bits per heavy atom. The van der Waals surface area contributed by atoms with Crippen molar-refractivity contribution in [2.24, 2.45) is 5.73 Å². The third kappa shape index (κ3) is 6.60. The largest absolute Gasteiger partial charge is 0.428 e. The Bertz CT molecular complexity index is 2740. The van der Waals surface area contributed by atoms with Crippen LogP contribution in [-0.4, -0.2) is 60.3 Å². The van der Waals surface area contributed by atoms with Gasteiger partial charge in [0.15, 0.2) is 33.8 Å². The number of hydrogen-bond acceptors (Lipinski definition) is 12. The van der Waals surface area contributed by atoms with E-state index in [1.165, 1.54) is 0 Å². The van der Waals surface area contributed by atoms with Crippen LogP contribution < -0.4 is 22.4 Å². The third-order valence-electron chi connectivity index (χ3n) is 10.8. The van der Waals surface area contributed by atoms with Gasteiger partial charge in [0.1, 0.15) is 11.0 Å². The van der Waals surface area contributed by atoms with Crippen LogP contribution in [0.2, 0.25) is 5.35 Å². The lowest BCUT2D eigenvalue weighted by Gasteiger charge is -2.35. The number of fused-ring (bicyclic) bond motifs is 4. The number of oxazole rings is 2. The molecule has 0 spiro atoms. The molecule has 0 amide bonds. The first-order chi connectivity index (χ1) is 26.9. The summed E-state index contributed by atoms with van der Waals surface area (Å²) in [5, 5.41) is 3.54. The van der Waals surface area contributed by atoms with Gasteiger partial charge in [-0.25, -0.2) is 29.5 Å². The molecule has 6 heterocycles. The Morgan fingerprint density at radius 1 is 0.607 bits per heavy atom. The molecule has 0 radical (unpaired) electrons. The van der Waals surface area contributed by atoms with Crippen LogP contribution in [0.3, 0.4) is 0 Å². The van der Waals surface area contributed by atoms with Crippen molar-refractivity contribution in [2.45, 2.75) is 87.6 Å². The SMILES string of the molecule is Cl.Clc1nc2ccccc2o1.NC1CC(n2c(=O)n(C3CC3)c3nccnc32)C1.O=c1n(C2CC2)c2nccnc2n1C1CC(Nc2nc3ccccc3o2)C1. The summed E-state index contributed by atoms with van der Waals surface area (Å²) in [4.78, 5) is 51.4. The maximum absolute atomic E-state index is 13.0. The number of nitrogens with one attached hydrogen (secondary N) is 1. The first-order valence-corrected chi connectivity index (χ1v) is 19.0. The molecule has 16 nitrogen and oxygen atoms in total. The van der Waals surface area contributed by atoms with Crippen molar-refractivity contribution in [3.05, 3.63) is 99.6 Å². The van der Waals surface area contributed by atoms with E-state index in [9.17, 15) is 9.59 Å². The monoisotopic (exact) mass is 796 g/mol. The molecule has 56 heavy (non-hydrogen) atoms. The van der Waals surface area contributed by atoms with Crippen molar-refractivity contribution in [1.82, 2.24) is 48.2 Å². The quantitative estimate of drug-likeness (QED) is 0.189. The number of anilines is 1. The van der Waals surface area contributed by atoms with Gasteiger partial charge in [0.25, 0.3) is 11.4 Å². The molecule has 0 saturated heterocycles. The lowest BCUT2D eigenvalue weighted by Crippen LogP contribution is -2.41. The summed E-state index contributed by atoms with van der Waals surface area (Å²) >= 11 is 5.51. The van der Waals surface area contributed by atoms with Crippen molar-refractivity contribution >= 4 is 74.8 Å². The summed E-state index contributed by atoms with van der Waals surface area (Å²) < 4.78 is 18.0. The van der Waals surface area contributed by atoms with E-state index in [1.54, 1.807) is 29.4 Å². The number of rotatable bonds is 6. The average molecular weight is 798 g/mol. The van der Waals surface area contributed by atoms with E-state index in [4.69, 9.17) is 26.2 Å². The zero-order chi connectivity index (χ0) is 37.2. The van der Waals surface area contributed by atoms with Crippen LogP contribution in [0, 0.1) is 0 Å². The van der Waals surface area contributed by atoms with Gasteiger partial charge in [-0.05, 0) is 87.2 Å². The lowest BCUT2D eigenvalue weighted by atomic mass is 9.86. The van der Waals surface area contributed by atoms with Gasteiger partial charge in [-0.2, -0.15) is 9.97 Å². The molecular weight excluding hydrogens is 759 g/mol. The van der Waals surface area contributed by atoms with Gasteiger partial charge in [-0.3, -0.25) is 18.3 Å². The molecule has 12 rings (SSSR count). The normalized spacial score (nSPS) is 21.4. The summed E-state index contributed by atoms with van der Waals surface area (Å²) in [5.41, 5.74) is 11.9. The molecule has 0 atom stereocenters. The number of aromatic nitrogens is 10. The van der Waals surface area contributed by atoms with E-state index >= 15 is 0 Å². The Kier molecular flexibility index (Phi) is 9.34. The van der Waals surface area contributed by atoms with Gasteiger partial charge < -0.3 is 19.9 Å². The van der Waals surface area contributed by atoms with Gasteiger partial charge in [0.05, 0.1) is 0 Å². The number of benzene rings is 2. The van der Waals surface area contributed by atoms with Crippen molar-refractivity contribution in [3.8, 4) is 0 Å². The molecule has 4 aliphatic carbocycles. The maximum Gasteiger partial charge on any atom is 0.332 e. The van der Waals surface area contributed by atoms with Crippen molar-refractivity contribution in [3.63, 3.8) is 0 Å². The molecule has 0 bridgehead atoms. The van der Waals surface area contributed by atoms with Crippen LogP contribution in [0.5, 0.6) is 0 Å². The molecule has 18 heteroatoms. The van der Waals surface area contributed by atoms with Crippen LogP contribution in [0.15, 0.2) is 91.7 Å². The molecule has 4 aliphatic rings. The fourth-order valence-electron chi connectivity index (χ4n) is 7.61. The Hall–Kier alpha value is -5.58. The fraction of sp³-hybridized carbons (Fsp3) is 0.368. The highest BCUT2D eigenvalue weighted by atomic mass is 35.5. The second-order valence-corrected chi connectivity index (χ2v) is 15.0. The highest BCUT2D eigenvalue weighted by Gasteiger charge is 2.38. The van der Waals surface area contributed by atoms with Crippen molar-refractivity contribution < 1.29 is 8.83 Å². The second-order valence-electron chi connectivity index (χ2n) is 14.7. The number of hydrogen-bond donors (Lipinski definition) is 2. The van der Waals surface area contributed by atoms with E-state index in [-0.39, 0.29) is 59.3 Å². The Balaban J connectivity index is 0.000000121. The van der Waals surface area contributed by atoms with E-state index < -0.39 is 0 Å². The average Bonchev–Trinajstić information content (AvgIpc) is 4.06. The van der Waals surface area contributed by atoms with Crippen molar-refractivity contribution in [1.29, 1.82) is 0 Å². The zero-order valence-electron chi connectivity index (χ0n) is 30.0. The smallest absolute Gasteiger partial charge is 0.332 e. The highest BCUT2D eigenvalue weighted by molar-refractivity contribution is 6.28. The predicted octanol–water partition coefficient (Wildman–Crippen LogP) is 6.38.